The molecular formula is C11H9ClN2O3. The molecule has 0 spiro atoms. The Labute approximate surface area is 101 Å². The first kappa shape index (κ1) is 11.6. The number of aromatic nitrogens is 2. The number of esters is 1. The van der Waals surface area contributed by atoms with Crippen molar-refractivity contribution in [3.05, 3.63) is 39.3 Å². The van der Waals surface area contributed by atoms with Gasteiger partial charge in [-0.1, -0.05) is 11.6 Å². The quantitative estimate of drug-likeness (QED) is 0.827. The molecule has 0 aliphatic heterocycles. The van der Waals surface area contributed by atoms with Crippen LogP contribution in [0.2, 0.25) is 5.15 Å². The van der Waals surface area contributed by atoms with E-state index >= 15 is 0 Å². The molecule has 0 saturated carbocycles. The molecule has 0 saturated heterocycles. The van der Waals surface area contributed by atoms with Gasteiger partial charge in [0, 0.05) is 5.39 Å². The van der Waals surface area contributed by atoms with E-state index in [1.54, 1.807) is 6.92 Å². The minimum Gasteiger partial charge on any atom is -0.462 e. The lowest BCUT2D eigenvalue weighted by molar-refractivity contribution is 0.0526. The highest BCUT2D eigenvalue weighted by molar-refractivity contribution is 6.34. The van der Waals surface area contributed by atoms with Crippen molar-refractivity contribution in [2.24, 2.45) is 0 Å². The molecule has 1 aromatic carbocycles. The number of hydrogen-bond donors (Lipinski definition) is 1. The highest BCUT2D eigenvalue weighted by atomic mass is 35.5. The molecule has 2 aromatic rings. The number of halogens is 1. The van der Waals surface area contributed by atoms with Crippen LogP contribution in [0.5, 0.6) is 0 Å². The van der Waals surface area contributed by atoms with Crippen molar-refractivity contribution in [2.75, 3.05) is 6.61 Å². The molecule has 0 bridgehead atoms. The Morgan fingerprint density at radius 1 is 1.47 bits per heavy atom. The SMILES string of the molecule is CCOC(=O)c1ccc2c(=O)[nH]nc(Cl)c2c1. The van der Waals surface area contributed by atoms with Gasteiger partial charge in [0.15, 0.2) is 5.15 Å². The monoisotopic (exact) mass is 252 g/mol. The van der Waals surface area contributed by atoms with Crippen LogP contribution in [0.4, 0.5) is 0 Å². The number of hydrogen-bond acceptors (Lipinski definition) is 4. The Hall–Kier alpha value is -1.88. The number of benzene rings is 1. The molecule has 0 radical (unpaired) electrons. The molecule has 1 aromatic heterocycles. The number of aromatic amines is 1. The number of carbonyl (C=O) groups is 1. The molecule has 0 fully saturated rings. The maximum absolute atomic E-state index is 11.5. The summed E-state index contributed by atoms with van der Waals surface area (Å²) in [6.45, 7) is 2.01. The number of carbonyl (C=O) groups excluding carboxylic acids is 1. The molecule has 17 heavy (non-hydrogen) atoms. The van der Waals surface area contributed by atoms with Crippen LogP contribution in [0.15, 0.2) is 23.0 Å². The fourth-order valence-electron chi connectivity index (χ4n) is 1.47. The van der Waals surface area contributed by atoms with Gasteiger partial charge in [-0.15, -0.1) is 0 Å². The molecule has 1 N–H and O–H groups in total. The molecule has 5 nitrogen and oxygen atoms in total. The number of H-pyrrole nitrogens is 1. The van der Waals surface area contributed by atoms with Crippen LogP contribution in [0.1, 0.15) is 17.3 Å². The lowest BCUT2D eigenvalue weighted by atomic mass is 10.1. The van der Waals surface area contributed by atoms with Crippen molar-refractivity contribution in [3.63, 3.8) is 0 Å². The second-order valence-corrected chi connectivity index (χ2v) is 3.68. The maximum atomic E-state index is 11.5. The zero-order valence-electron chi connectivity index (χ0n) is 8.99. The Kier molecular flexibility index (Phi) is 3.10. The average Bonchev–Trinajstić information content (AvgIpc) is 2.34. The molecular weight excluding hydrogens is 244 g/mol. The van der Waals surface area contributed by atoms with E-state index in [0.717, 1.165) is 0 Å². The summed E-state index contributed by atoms with van der Waals surface area (Å²) in [5.74, 6) is -0.453. The lowest BCUT2D eigenvalue weighted by Gasteiger charge is -2.03. The molecule has 0 aliphatic carbocycles. The molecule has 0 amide bonds. The highest BCUT2D eigenvalue weighted by Gasteiger charge is 2.10. The van der Waals surface area contributed by atoms with Gasteiger partial charge in [0.2, 0.25) is 0 Å². The number of ether oxygens (including phenoxy) is 1. The normalized spacial score (nSPS) is 10.5. The Morgan fingerprint density at radius 2 is 2.24 bits per heavy atom. The van der Waals surface area contributed by atoms with Gasteiger partial charge in [0.25, 0.3) is 5.56 Å². The zero-order valence-corrected chi connectivity index (χ0v) is 9.75. The van der Waals surface area contributed by atoms with Crippen molar-refractivity contribution in [3.8, 4) is 0 Å². The van der Waals surface area contributed by atoms with Crippen LogP contribution < -0.4 is 5.56 Å². The van der Waals surface area contributed by atoms with Gasteiger partial charge in [0.05, 0.1) is 17.6 Å². The molecule has 1 heterocycles. The summed E-state index contributed by atoms with van der Waals surface area (Å²) in [6.07, 6.45) is 0. The Bertz CT molecular complexity index is 636. The highest BCUT2D eigenvalue weighted by Crippen LogP contribution is 2.19. The van der Waals surface area contributed by atoms with Crippen LogP contribution >= 0.6 is 11.6 Å². The van der Waals surface area contributed by atoms with Gasteiger partial charge < -0.3 is 4.74 Å². The van der Waals surface area contributed by atoms with Gasteiger partial charge >= 0.3 is 5.97 Å². The van der Waals surface area contributed by atoms with E-state index < -0.39 is 5.97 Å². The first-order chi connectivity index (χ1) is 8.13. The maximum Gasteiger partial charge on any atom is 0.338 e. The molecule has 6 heteroatoms. The van der Waals surface area contributed by atoms with Crippen LogP contribution in [-0.2, 0) is 4.74 Å². The van der Waals surface area contributed by atoms with Gasteiger partial charge in [-0.3, -0.25) is 4.79 Å². The molecule has 2 rings (SSSR count). The third-order valence-corrected chi connectivity index (χ3v) is 2.54. The predicted molar refractivity (Wildman–Crippen MR) is 63.3 cm³/mol. The smallest absolute Gasteiger partial charge is 0.338 e. The van der Waals surface area contributed by atoms with Crippen molar-refractivity contribution < 1.29 is 9.53 Å². The minimum atomic E-state index is -0.453. The van der Waals surface area contributed by atoms with E-state index in [1.165, 1.54) is 18.2 Å². The Balaban J connectivity index is 2.61. The summed E-state index contributed by atoms with van der Waals surface area (Å²) >= 11 is 5.85. The van der Waals surface area contributed by atoms with Gasteiger partial charge in [0.1, 0.15) is 0 Å². The van der Waals surface area contributed by atoms with E-state index in [-0.39, 0.29) is 17.3 Å². The molecule has 88 valence electrons. The number of rotatable bonds is 2. The lowest BCUT2D eigenvalue weighted by Crippen LogP contribution is -2.10. The standard InChI is InChI=1S/C11H9ClN2O3/c1-2-17-11(16)6-3-4-7-8(5-6)9(12)13-14-10(7)15/h3-5H,2H2,1H3,(H,14,15). The largest absolute Gasteiger partial charge is 0.462 e. The number of fused-ring (bicyclic) bond motifs is 1. The number of nitrogens with zero attached hydrogens (tertiary/aromatic N) is 1. The van der Waals surface area contributed by atoms with Gasteiger partial charge in [-0.05, 0) is 25.1 Å². The summed E-state index contributed by atoms with van der Waals surface area (Å²) < 4.78 is 4.86. The first-order valence-corrected chi connectivity index (χ1v) is 5.36. The van der Waals surface area contributed by atoms with E-state index in [9.17, 15) is 9.59 Å². The third-order valence-electron chi connectivity index (χ3n) is 2.25. The predicted octanol–water partition coefficient (Wildman–Crippen LogP) is 1.75. The summed E-state index contributed by atoms with van der Waals surface area (Å²) in [6, 6.07) is 4.54. The summed E-state index contributed by atoms with van der Waals surface area (Å²) in [7, 11) is 0. The minimum absolute atomic E-state index is 0.144. The van der Waals surface area contributed by atoms with Crippen molar-refractivity contribution in [1.29, 1.82) is 0 Å². The van der Waals surface area contributed by atoms with Crippen LogP contribution in [-0.4, -0.2) is 22.8 Å². The second kappa shape index (κ2) is 4.55. The first-order valence-electron chi connectivity index (χ1n) is 4.98. The molecule has 0 aliphatic rings. The van der Waals surface area contributed by atoms with Crippen molar-refractivity contribution in [1.82, 2.24) is 10.2 Å². The third kappa shape index (κ3) is 2.14. The zero-order chi connectivity index (χ0) is 12.4. The van der Waals surface area contributed by atoms with E-state index in [4.69, 9.17) is 16.3 Å². The summed E-state index contributed by atoms with van der Waals surface area (Å²) in [5.41, 5.74) is -0.00606. The van der Waals surface area contributed by atoms with Gasteiger partial charge in [-0.2, -0.15) is 5.10 Å². The molecule has 0 unspecified atom stereocenters. The average molecular weight is 253 g/mol. The van der Waals surface area contributed by atoms with Crippen LogP contribution in [0.3, 0.4) is 0 Å². The van der Waals surface area contributed by atoms with Crippen molar-refractivity contribution in [2.45, 2.75) is 6.92 Å². The fourth-order valence-corrected chi connectivity index (χ4v) is 1.67. The van der Waals surface area contributed by atoms with Crippen LogP contribution in [0.25, 0.3) is 10.8 Å². The Morgan fingerprint density at radius 3 is 2.94 bits per heavy atom. The number of nitrogens with one attached hydrogen (secondary N) is 1. The topological polar surface area (TPSA) is 72.1 Å². The fraction of sp³-hybridized carbons (Fsp3) is 0.182. The van der Waals surface area contributed by atoms with Crippen molar-refractivity contribution >= 4 is 28.3 Å². The van der Waals surface area contributed by atoms with Crippen LogP contribution in [0, 0.1) is 0 Å². The van der Waals surface area contributed by atoms with E-state index in [1.807, 2.05) is 0 Å². The summed E-state index contributed by atoms with van der Waals surface area (Å²) in [5, 5.41) is 6.85. The molecule has 0 atom stereocenters. The summed E-state index contributed by atoms with van der Waals surface area (Å²) in [4.78, 5) is 23.0. The second-order valence-electron chi connectivity index (χ2n) is 3.32. The van der Waals surface area contributed by atoms with Gasteiger partial charge in [-0.25, -0.2) is 9.89 Å². The van der Waals surface area contributed by atoms with E-state index in [2.05, 4.69) is 10.2 Å². The van der Waals surface area contributed by atoms with E-state index in [0.29, 0.717) is 16.3 Å².